The highest BCUT2D eigenvalue weighted by atomic mass is 32.1. The molecular formula is C17H19N5O2S. The Kier molecular flexibility index (Phi) is 4.63. The van der Waals surface area contributed by atoms with Crippen molar-refractivity contribution in [3.63, 3.8) is 0 Å². The maximum Gasteiger partial charge on any atom is 0.277 e. The fourth-order valence-corrected chi connectivity index (χ4v) is 3.19. The van der Waals surface area contributed by atoms with Crippen molar-refractivity contribution in [3.05, 3.63) is 45.7 Å². The van der Waals surface area contributed by atoms with Gasteiger partial charge in [-0.2, -0.15) is 0 Å². The van der Waals surface area contributed by atoms with E-state index in [1.54, 1.807) is 24.3 Å². The fourth-order valence-electron chi connectivity index (χ4n) is 2.23. The number of carbonyl (C=O) groups excluding carboxylic acids is 1. The third kappa shape index (κ3) is 3.90. The van der Waals surface area contributed by atoms with E-state index in [9.17, 15) is 9.59 Å². The molecule has 0 spiro atoms. The van der Waals surface area contributed by atoms with Gasteiger partial charge in [-0.1, -0.05) is 38.1 Å². The van der Waals surface area contributed by atoms with Gasteiger partial charge in [-0.05, 0) is 12.1 Å². The predicted octanol–water partition coefficient (Wildman–Crippen LogP) is 2.57. The van der Waals surface area contributed by atoms with E-state index >= 15 is 0 Å². The number of fused-ring (bicyclic) bond motifs is 1. The molecule has 0 saturated carbocycles. The average Bonchev–Trinajstić information content (AvgIpc) is 3.03. The molecule has 7 nitrogen and oxygen atoms in total. The molecule has 2 aromatic heterocycles. The molecule has 0 atom stereocenters. The summed E-state index contributed by atoms with van der Waals surface area (Å²) >= 11 is 1.39. The van der Waals surface area contributed by atoms with Crippen LogP contribution in [-0.2, 0) is 16.8 Å². The number of amides is 1. The second-order valence-corrected chi connectivity index (χ2v) is 7.58. The van der Waals surface area contributed by atoms with E-state index in [1.807, 2.05) is 5.38 Å². The summed E-state index contributed by atoms with van der Waals surface area (Å²) in [5.74, 6) is -0.211. The Hall–Kier alpha value is -2.61. The highest BCUT2D eigenvalue weighted by Crippen LogP contribution is 2.26. The zero-order chi connectivity index (χ0) is 18.0. The van der Waals surface area contributed by atoms with Crippen molar-refractivity contribution < 1.29 is 4.79 Å². The monoisotopic (exact) mass is 357 g/mol. The van der Waals surface area contributed by atoms with E-state index < -0.39 is 0 Å². The standard InChI is InChI=1S/C17H19N5O2S/c1-17(2,3)13-10-25-16(18-13)19-14(23)8-9-22-15(24)11-6-4-5-7-12(11)20-21-22/h4-7,10H,8-9H2,1-3H3,(H,18,19,23). The molecule has 0 saturated heterocycles. The van der Waals surface area contributed by atoms with Crippen LogP contribution in [0.1, 0.15) is 32.9 Å². The van der Waals surface area contributed by atoms with Gasteiger partial charge in [-0.15, -0.1) is 16.4 Å². The molecule has 0 fully saturated rings. The van der Waals surface area contributed by atoms with Crippen molar-refractivity contribution in [1.82, 2.24) is 20.0 Å². The lowest BCUT2D eigenvalue weighted by molar-refractivity contribution is -0.116. The number of nitrogens with one attached hydrogen (secondary N) is 1. The van der Waals surface area contributed by atoms with Gasteiger partial charge >= 0.3 is 0 Å². The Morgan fingerprint density at radius 3 is 2.76 bits per heavy atom. The minimum absolute atomic E-state index is 0.0620. The van der Waals surface area contributed by atoms with Crippen LogP contribution in [0.3, 0.4) is 0 Å². The maximum absolute atomic E-state index is 12.3. The minimum Gasteiger partial charge on any atom is -0.302 e. The molecule has 0 aliphatic carbocycles. The van der Waals surface area contributed by atoms with Gasteiger partial charge in [0.15, 0.2) is 5.13 Å². The van der Waals surface area contributed by atoms with Crippen LogP contribution in [0.4, 0.5) is 5.13 Å². The Balaban J connectivity index is 1.66. The number of hydrogen-bond acceptors (Lipinski definition) is 6. The van der Waals surface area contributed by atoms with E-state index in [1.165, 1.54) is 16.0 Å². The largest absolute Gasteiger partial charge is 0.302 e. The number of rotatable bonds is 4. The molecule has 25 heavy (non-hydrogen) atoms. The van der Waals surface area contributed by atoms with Crippen molar-refractivity contribution in [1.29, 1.82) is 0 Å². The maximum atomic E-state index is 12.3. The van der Waals surface area contributed by atoms with Gasteiger partial charge < -0.3 is 5.32 Å². The van der Waals surface area contributed by atoms with Crippen LogP contribution in [0.15, 0.2) is 34.4 Å². The molecule has 0 aliphatic rings. The normalized spacial score (nSPS) is 11.6. The first-order chi connectivity index (χ1) is 11.8. The van der Waals surface area contributed by atoms with Gasteiger partial charge in [-0.3, -0.25) is 9.59 Å². The predicted molar refractivity (Wildman–Crippen MR) is 97.9 cm³/mol. The first kappa shape index (κ1) is 17.2. The highest BCUT2D eigenvalue weighted by molar-refractivity contribution is 7.13. The molecule has 8 heteroatoms. The SMILES string of the molecule is CC(C)(C)c1csc(NC(=O)CCn2nnc3ccccc3c2=O)n1. The van der Waals surface area contributed by atoms with Crippen LogP contribution in [0, 0.1) is 0 Å². The highest BCUT2D eigenvalue weighted by Gasteiger charge is 2.18. The van der Waals surface area contributed by atoms with Crippen molar-refractivity contribution in [2.75, 3.05) is 5.32 Å². The zero-order valence-corrected chi connectivity index (χ0v) is 15.1. The zero-order valence-electron chi connectivity index (χ0n) is 14.3. The lowest BCUT2D eigenvalue weighted by Crippen LogP contribution is -2.26. The number of benzene rings is 1. The molecule has 0 aliphatic heterocycles. The Bertz CT molecular complexity index is 971. The second kappa shape index (κ2) is 6.72. The molecule has 0 unspecified atom stereocenters. The van der Waals surface area contributed by atoms with Gasteiger partial charge in [0, 0.05) is 17.2 Å². The molecule has 1 N–H and O–H groups in total. The summed E-state index contributed by atoms with van der Waals surface area (Å²) in [5.41, 5.74) is 1.17. The lowest BCUT2D eigenvalue weighted by Gasteiger charge is -2.14. The van der Waals surface area contributed by atoms with Crippen LogP contribution in [0.25, 0.3) is 10.9 Å². The first-order valence-electron chi connectivity index (χ1n) is 7.93. The molecule has 2 heterocycles. The van der Waals surface area contributed by atoms with E-state index in [4.69, 9.17) is 0 Å². The summed E-state index contributed by atoms with van der Waals surface area (Å²) in [4.78, 5) is 28.9. The smallest absolute Gasteiger partial charge is 0.277 e. The van der Waals surface area contributed by atoms with Gasteiger partial charge in [-0.25, -0.2) is 9.67 Å². The summed E-state index contributed by atoms with van der Waals surface area (Å²) < 4.78 is 1.21. The number of anilines is 1. The van der Waals surface area contributed by atoms with Crippen LogP contribution in [-0.4, -0.2) is 25.9 Å². The van der Waals surface area contributed by atoms with Crippen molar-refractivity contribution in [3.8, 4) is 0 Å². The molecule has 0 bridgehead atoms. The number of thiazole rings is 1. The molecule has 130 valence electrons. The van der Waals surface area contributed by atoms with Gasteiger partial charge in [0.25, 0.3) is 5.56 Å². The number of aryl methyl sites for hydroxylation is 1. The number of hydrogen-bond donors (Lipinski definition) is 1. The Labute approximate surface area is 148 Å². The topological polar surface area (TPSA) is 89.8 Å². The van der Waals surface area contributed by atoms with Crippen molar-refractivity contribution in [2.24, 2.45) is 0 Å². The molecule has 1 aromatic carbocycles. The van der Waals surface area contributed by atoms with Crippen LogP contribution >= 0.6 is 11.3 Å². The van der Waals surface area contributed by atoms with E-state index in [0.717, 1.165) is 5.69 Å². The molecule has 1 amide bonds. The third-order valence-corrected chi connectivity index (χ3v) is 4.46. The first-order valence-corrected chi connectivity index (χ1v) is 8.81. The molecule has 3 aromatic rings. The number of carbonyl (C=O) groups is 1. The number of aromatic nitrogens is 4. The van der Waals surface area contributed by atoms with Crippen molar-refractivity contribution >= 4 is 33.3 Å². The fraction of sp³-hybridized carbons (Fsp3) is 0.353. The van der Waals surface area contributed by atoms with Gasteiger partial charge in [0.1, 0.15) is 5.52 Å². The van der Waals surface area contributed by atoms with Crippen molar-refractivity contribution in [2.45, 2.75) is 39.2 Å². The van der Waals surface area contributed by atoms with E-state index in [2.05, 4.69) is 41.4 Å². The van der Waals surface area contributed by atoms with E-state index in [-0.39, 0.29) is 29.8 Å². The molecule has 0 radical (unpaired) electrons. The molecular weight excluding hydrogens is 338 g/mol. The van der Waals surface area contributed by atoms with Crippen LogP contribution in [0.5, 0.6) is 0 Å². The quantitative estimate of drug-likeness (QED) is 0.775. The summed E-state index contributed by atoms with van der Waals surface area (Å²) in [6.07, 6.45) is 0.122. The summed E-state index contributed by atoms with van der Waals surface area (Å²) in [6, 6.07) is 7.01. The average molecular weight is 357 g/mol. The minimum atomic E-state index is -0.248. The number of nitrogens with zero attached hydrogens (tertiary/aromatic N) is 4. The summed E-state index contributed by atoms with van der Waals surface area (Å²) in [6.45, 7) is 6.37. The Morgan fingerprint density at radius 2 is 2.04 bits per heavy atom. The summed E-state index contributed by atoms with van der Waals surface area (Å²) in [7, 11) is 0. The van der Waals surface area contributed by atoms with Gasteiger partial charge in [0.05, 0.1) is 17.6 Å². The van der Waals surface area contributed by atoms with E-state index in [0.29, 0.717) is 16.0 Å². The van der Waals surface area contributed by atoms with Gasteiger partial charge in [0.2, 0.25) is 5.91 Å². The lowest BCUT2D eigenvalue weighted by atomic mass is 9.93. The second-order valence-electron chi connectivity index (χ2n) is 6.72. The molecule has 3 rings (SSSR count). The van der Waals surface area contributed by atoms with Crippen LogP contribution in [0.2, 0.25) is 0 Å². The Morgan fingerprint density at radius 1 is 1.28 bits per heavy atom. The van der Waals surface area contributed by atoms with Crippen LogP contribution < -0.4 is 10.9 Å². The summed E-state index contributed by atoms with van der Waals surface area (Å²) in [5, 5.41) is 13.6. The third-order valence-electron chi connectivity index (χ3n) is 3.70.